The lowest BCUT2D eigenvalue weighted by Crippen LogP contribution is -2.49. The highest BCUT2D eigenvalue weighted by Gasteiger charge is 2.33. The maximum absolute atomic E-state index is 12.7. The first-order valence-corrected chi connectivity index (χ1v) is 10.5. The summed E-state index contributed by atoms with van der Waals surface area (Å²) in [6.07, 6.45) is 2.46. The summed E-state index contributed by atoms with van der Waals surface area (Å²) in [5.74, 6) is 0.137. The van der Waals surface area contributed by atoms with E-state index in [9.17, 15) is 9.59 Å². The number of likely N-dealkylation sites (tertiary alicyclic amines) is 1. The van der Waals surface area contributed by atoms with Gasteiger partial charge in [0.25, 0.3) is 5.22 Å². The van der Waals surface area contributed by atoms with Crippen molar-refractivity contribution >= 4 is 23.6 Å². The molecule has 2 heterocycles. The van der Waals surface area contributed by atoms with Crippen LogP contribution in [0.1, 0.15) is 37.3 Å². The van der Waals surface area contributed by atoms with Gasteiger partial charge in [-0.25, -0.2) is 4.79 Å². The number of aromatic nitrogens is 2. The van der Waals surface area contributed by atoms with Crippen LogP contribution in [-0.4, -0.2) is 51.9 Å². The zero-order chi connectivity index (χ0) is 20.1. The van der Waals surface area contributed by atoms with E-state index >= 15 is 0 Å². The van der Waals surface area contributed by atoms with E-state index in [1.54, 1.807) is 11.8 Å². The molecular formula is C20H25N3O4S. The van der Waals surface area contributed by atoms with E-state index in [0.717, 1.165) is 29.5 Å². The maximum Gasteiger partial charge on any atom is 0.328 e. The van der Waals surface area contributed by atoms with Crippen LogP contribution in [0.3, 0.4) is 0 Å². The number of thioether (sulfide) groups is 1. The van der Waals surface area contributed by atoms with Crippen molar-refractivity contribution in [3.05, 3.63) is 29.3 Å². The zero-order valence-corrected chi connectivity index (χ0v) is 17.3. The van der Waals surface area contributed by atoms with Crippen molar-refractivity contribution in [3.8, 4) is 11.5 Å². The SMILES string of the molecule is CCOC(=O)[C@H]1CCCCN1C(=O)CSc1nnc(-c2cc(C)cc(C)c2)o1. The fourth-order valence-corrected chi connectivity index (χ4v) is 4.05. The van der Waals surface area contributed by atoms with Crippen molar-refractivity contribution in [1.82, 2.24) is 15.1 Å². The van der Waals surface area contributed by atoms with Crippen LogP contribution in [0, 0.1) is 13.8 Å². The van der Waals surface area contributed by atoms with Crippen LogP contribution in [0.5, 0.6) is 0 Å². The molecule has 1 atom stereocenters. The van der Waals surface area contributed by atoms with Gasteiger partial charge in [-0.3, -0.25) is 4.79 Å². The monoisotopic (exact) mass is 403 g/mol. The number of carbonyl (C=O) groups excluding carboxylic acids is 2. The van der Waals surface area contributed by atoms with Gasteiger partial charge in [0.1, 0.15) is 6.04 Å². The van der Waals surface area contributed by atoms with E-state index in [1.165, 1.54) is 11.8 Å². The van der Waals surface area contributed by atoms with Crippen molar-refractivity contribution in [3.63, 3.8) is 0 Å². The van der Waals surface area contributed by atoms with Crippen LogP contribution >= 0.6 is 11.8 Å². The molecule has 3 rings (SSSR count). The van der Waals surface area contributed by atoms with Crippen LogP contribution in [0.15, 0.2) is 27.8 Å². The van der Waals surface area contributed by atoms with E-state index in [1.807, 2.05) is 26.0 Å². The molecule has 1 aliphatic heterocycles. The van der Waals surface area contributed by atoms with Gasteiger partial charge in [-0.1, -0.05) is 29.0 Å². The van der Waals surface area contributed by atoms with Crippen LogP contribution in [-0.2, 0) is 14.3 Å². The second-order valence-corrected chi connectivity index (χ2v) is 7.82. The number of nitrogens with zero attached hydrogens (tertiary/aromatic N) is 3. The summed E-state index contributed by atoms with van der Waals surface area (Å²) < 4.78 is 10.8. The Labute approximate surface area is 168 Å². The average molecular weight is 404 g/mol. The lowest BCUT2D eigenvalue weighted by molar-refractivity contribution is -0.155. The van der Waals surface area contributed by atoms with Gasteiger partial charge in [0.2, 0.25) is 11.8 Å². The van der Waals surface area contributed by atoms with Gasteiger partial charge in [0.05, 0.1) is 12.4 Å². The van der Waals surface area contributed by atoms with Crippen LogP contribution in [0.4, 0.5) is 0 Å². The molecule has 7 nitrogen and oxygen atoms in total. The molecule has 0 bridgehead atoms. The first kappa shape index (κ1) is 20.4. The third-order valence-electron chi connectivity index (χ3n) is 4.58. The topological polar surface area (TPSA) is 85.5 Å². The molecule has 0 N–H and O–H groups in total. The van der Waals surface area contributed by atoms with Crippen molar-refractivity contribution in [2.75, 3.05) is 18.9 Å². The second kappa shape index (κ2) is 9.23. The predicted octanol–water partition coefficient (Wildman–Crippen LogP) is 3.39. The average Bonchev–Trinajstić information content (AvgIpc) is 3.15. The van der Waals surface area contributed by atoms with E-state index in [2.05, 4.69) is 16.3 Å². The summed E-state index contributed by atoms with van der Waals surface area (Å²) in [6, 6.07) is 5.55. The van der Waals surface area contributed by atoms with Crippen molar-refractivity contribution in [2.45, 2.75) is 51.3 Å². The molecule has 0 saturated carbocycles. The summed E-state index contributed by atoms with van der Waals surface area (Å²) in [5, 5.41) is 8.47. The van der Waals surface area contributed by atoms with Crippen LogP contribution < -0.4 is 0 Å². The van der Waals surface area contributed by atoms with E-state index in [4.69, 9.17) is 9.15 Å². The van der Waals surface area contributed by atoms with Crippen molar-refractivity contribution < 1.29 is 18.7 Å². The molecule has 0 unspecified atom stereocenters. The quantitative estimate of drug-likeness (QED) is 0.540. The number of benzene rings is 1. The Hall–Kier alpha value is -2.35. The van der Waals surface area contributed by atoms with E-state index in [-0.39, 0.29) is 17.6 Å². The Balaban J connectivity index is 1.62. The Morgan fingerprint density at radius 1 is 1.21 bits per heavy atom. The number of esters is 1. The number of piperidine rings is 1. The third kappa shape index (κ3) is 4.92. The van der Waals surface area contributed by atoms with Crippen LogP contribution in [0.25, 0.3) is 11.5 Å². The molecule has 0 spiro atoms. The molecule has 0 radical (unpaired) electrons. The number of hydrogen-bond donors (Lipinski definition) is 0. The molecule has 2 aromatic rings. The smallest absolute Gasteiger partial charge is 0.328 e. The van der Waals surface area contributed by atoms with Gasteiger partial charge in [-0.15, -0.1) is 10.2 Å². The number of amides is 1. The van der Waals surface area contributed by atoms with Gasteiger partial charge >= 0.3 is 5.97 Å². The van der Waals surface area contributed by atoms with Gasteiger partial charge in [-0.2, -0.15) is 0 Å². The number of rotatable bonds is 6. The maximum atomic E-state index is 12.7. The standard InChI is InChI=1S/C20H25N3O4S/c1-4-26-19(25)16-7-5-6-8-23(16)17(24)12-28-20-22-21-18(27-20)15-10-13(2)9-14(3)11-15/h9-11,16H,4-8,12H2,1-3H3/t16-/m1/s1. The van der Waals surface area contributed by atoms with Gasteiger partial charge < -0.3 is 14.1 Å². The minimum Gasteiger partial charge on any atom is -0.464 e. The summed E-state index contributed by atoms with van der Waals surface area (Å²) in [6.45, 7) is 6.68. The Morgan fingerprint density at radius 2 is 1.96 bits per heavy atom. The number of ether oxygens (including phenoxy) is 1. The molecule has 1 aromatic heterocycles. The Kier molecular flexibility index (Phi) is 6.72. The lowest BCUT2D eigenvalue weighted by atomic mass is 10.0. The summed E-state index contributed by atoms with van der Waals surface area (Å²) in [4.78, 5) is 26.4. The third-order valence-corrected chi connectivity index (χ3v) is 5.38. The first-order chi connectivity index (χ1) is 13.5. The first-order valence-electron chi connectivity index (χ1n) is 9.49. The molecule has 1 saturated heterocycles. The molecule has 1 aliphatic rings. The van der Waals surface area contributed by atoms with Crippen molar-refractivity contribution in [1.29, 1.82) is 0 Å². The molecule has 150 valence electrons. The summed E-state index contributed by atoms with van der Waals surface area (Å²) in [5.41, 5.74) is 3.10. The number of carbonyl (C=O) groups is 2. The Bertz CT molecular complexity index is 831. The molecular weight excluding hydrogens is 378 g/mol. The minimum atomic E-state index is -0.490. The largest absolute Gasteiger partial charge is 0.464 e. The Morgan fingerprint density at radius 3 is 2.68 bits per heavy atom. The fourth-order valence-electron chi connectivity index (χ4n) is 3.40. The number of hydrogen-bond acceptors (Lipinski definition) is 7. The van der Waals surface area contributed by atoms with Gasteiger partial charge in [0.15, 0.2) is 0 Å². The highest BCUT2D eigenvalue weighted by molar-refractivity contribution is 7.99. The second-order valence-electron chi connectivity index (χ2n) is 6.89. The summed E-state index contributed by atoms with van der Waals surface area (Å²) in [7, 11) is 0. The molecule has 0 aliphatic carbocycles. The number of aryl methyl sites for hydroxylation is 2. The summed E-state index contributed by atoms with van der Waals surface area (Å²) >= 11 is 1.19. The lowest BCUT2D eigenvalue weighted by Gasteiger charge is -2.33. The zero-order valence-electron chi connectivity index (χ0n) is 16.4. The predicted molar refractivity (Wildman–Crippen MR) is 106 cm³/mol. The van der Waals surface area contributed by atoms with E-state index < -0.39 is 6.04 Å². The molecule has 1 fully saturated rings. The van der Waals surface area contributed by atoms with Gasteiger partial charge in [0, 0.05) is 12.1 Å². The van der Waals surface area contributed by atoms with Gasteiger partial charge in [-0.05, 0) is 52.2 Å². The highest BCUT2D eigenvalue weighted by atomic mass is 32.2. The van der Waals surface area contributed by atoms with E-state index in [0.29, 0.717) is 30.7 Å². The van der Waals surface area contributed by atoms with Crippen LogP contribution in [0.2, 0.25) is 0 Å². The molecule has 8 heteroatoms. The molecule has 28 heavy (non-hydrogen) atoms. The normalized spacial score (nSPS) is 16.8. The molecule has 1 aromatic carbocycles. The highest BCUT2D eigenvalue weighted by Crippen LogP contribution is 2.26. The van der Waals surface area contributed by atoms with Crippen molar-refractivity contribution in [2.24, 2.45) is 0 Å². The minimum absolute atomic E-state index is 0.117. The molecule has 1 amide bonds. The fraction of sp³-hybridized carbons (Fsp3) is 0.500.